The van der Waals surface area contributed by atoms with Crippen molar-refractivity contribution in [1.29, 1.82) is 0 Å². The Kier molecular flexibility index (Phi) is 10.3. The summed E-state index contributed by atoms with van der Waals surface area (Å²) >= 11 is 6.27. The summed E-state index contributed by atoms with van der Waals surface area (Å²) in [5.41, 5.74) is 0.947. The standard InChI is InChI=1S/C22H34ClN3O/c1-3-4-5-6-7-8-9-10-11-12-13-17-21-24-25-22(23)26(21)19-15-14-16-20(18-19)27-2/h14-16,18H,3-13,17H2,1-2H3. The normalized spacial score (nSPS) is 11.1. The molecule has 150 valence electrons. The Morgan fingerprint density at radius 1 is 0.889 bits per heavy atom. The van der Waals surface area contributed by atoms with Gasteiger partial charge in [0.2, 0.25) is 5.28 Å². The lowest BCUT2D eigenvalue weighted by Crippen LogP contribution is -2.02. The van der Waals surface area contributed by atoms with E-state index in [0.29, 0.717) is 5.28 Å². The molecule has 0 atom stereocenters. The predicted octanol–water partition coefficient (Wildman–Crippen LogP) is 6.78. The van der Waals surface area contributed by atoms with Gasteiger partial charge in [-0.2, -0.15) is 0 Å². The molecule has 0 aliphatic carbocycles. The van der Waals surface area contributed by atoms with Crippen molar-refractivity contribution in [3.8, 4) is 11.4 Å². The van der Waals surface area contributed by atoms with Crippen LogP contribution in [0.5, 0.6) is 5.75 Å². The average Bonchev–Trinajstić information content (AvgIpc) is 3.06. The molecule has 1 aromatic heterocycles. The lowest BCUT2D eigenvalue weighted by molar-refractivity contribution is 0.414. The van der Waals surface area contributed by atoms with Crippen molar-refractivity contribution in [2.75, 3.05) is 7.11 Å². The lowest BCUT2D eigenvalue weighted by atomic mass is 10.1. The highest BCUT2D eigenvalue weighted by Gasteiger charge is 2.12. The second kappa shape index (κ2) is 12.8. The largest absolute Gasteiger partial charge is 0.497 e. The van der Waals surface area contributed by atoms with E-state index in [4.69, 9.17) is 16.3 Å². The third-order valence-corrected chi connectivity index (χ3v) is 5.25. The molecule has 2 aromatic rings. The smallest absolute Gasteiger partial charge is 0.229 e. The first kappa shape index (κ1) is 21.7. The van der Waals surface area contributed by atoms with Crippen LogP contribution < -0.4 is 4.74 Å². The molecule has 0 aliphatic heterocycles. The van der Waals surface area contributed by atoms with Crippen molar-refractivity contribution in [2.24, 2.45) is 0 Å². The highest BCUT2D eigenvalue weighted by molar-refractivity contribution is 6.28. The third-order valence-electron chi connectivity index (χ3n) is 5.01. The number of methoxy groups -OCH3 is 1. The van der Waals surface area contributed by atoms with E-state index in [9.17, 15) is 0 Å². The van der Waals surface area contributed by atoms with Crippen LogP contribution in [0, 0.1) is 0 Å². The summed E-state index contributed by atoms with van der Waals surface area (Å²) in [6.07, 6.45) is 15.6. The van der Waals surface area contributed by atoms with Crippen LogP contribution in [0.15, 0.2) is 24.3 Å². The van der Waals surface area contributed by atoms with Crippen molar-refractivity contribution >= 4 is 11.6 Å². The number of hydrogen-bond donors (Lipinski definition) is 0. The summed E-state index contributed by atoms with van der Waals surface area (Å²) in [6, 6.07) is 7.84. The van der Waals surface area contributed by atoms with Crippen molar-refractivity contribution in [2.45, 2.75) is 84.0 Å². The van der Waals surface area contributed by atoms with Crippen molar-refractivity contribution in [1.82, 2.24) is 14.8 Å². The maximum Gasteiger partial charge on any atom is 0.229 e. The maximum atomic E-state index is 6.27. The minimum Gasteiger partial charge on any atom is -0.497 e. The van der Waals surface area contributed by atoms with Gasteiger partial charge in [0.15, 0.2) is 0 Å². The molecule has 1 heterocycles. The molecule has 27 heavy (non-hydrogen) atoms. The van der Waals surface area contributed by atoms with Crippen LogP contribution in [0.4, 0.5) is 0 Å². The Labute approximate surface area is 169 Å². The van der Waals surface area contributed by atoms with Gasteiger partial charge in [-0.15, -0.1) is 10.2 Å². The zero-order valence-electron chi connectivity index (χ0n) is 16.9. The summed E-state index contributed by atoms with van der Waals surface area (Å²) in [5, 5.41) is 8.73. The first-order valence-corrected chi connectivity index (χ1v) is 10.9. The van der Waals surface area contributed by atoms with Crippen LogP contribution in [-0.2, 0) is 6.42 Å². The van der Waals surface area contributed by atoms with Crippen LogP contribution in [0.1, 0.15) is 83.4 Å². The zero-order chi connectivity index (χ0) is 19.3. The summed E-state index contributed by atoms with van der Waals surface area (Å²) in [5.74, 6) is 1.72. The first-order valence-electron chi connectivity index (χ1n) is 10.5. The number of benzene rings is 1. The predicted molar refractivity (Wildman–Crippen MR) is 113 cm³/mol. The molecule has 0 aliphatic rings. The van der Waals surface area contributed by atoms with Gasteiger partial charge in [0.05, 0.1) is 12.8 Å². The number of aryl methyl sites for hydroxylation is 1. The van der Waals surface area contributed by atoms with Crippen LogP contribution in [0.3, 0.4) is 0 Å². The zero-order valence-corrected chi connectivity index (χ0v) is 17.7. The summed E-state index contributed by atoms with van der Waals surface area (Å²) in [4.78, 5) is 0. The Morgan fingerprint density at radius 3 is 2.15 bits per heavy atom. The number of rotatable bonds is 14. The van der Waals surface area contributed by atoms with Crippen molar-refractivity contribution in [3.05, 3.63) is 35.4 Å². The highest BCUT2D eigenvalue weighted by Crippen LogP contribution is 2.22. The Morgan fingerprint density at radius 2 is 1.52 bits per heavy atom. The molecule has 2 rings (SSSR count). The molecule has 0 saturated heterocycles. The molecule has 4 nitrogen and oxygen atoms in total. The number of unbranched alkanes of at least 4 members (excludes halogenated alkanes) is 10. The van der Waals surface area contributed by atoms with Gasteiger partial charge in [-0.3, -0.25) is 4.57 Å². The summed E-state index contributed by atoms with van der Waals surface area (Å²) < 4.78 is 7.22. The van der Waals surface area contributed by atoms with E-state index in [1.165, 1.54) is 64.2 Å². The quantitative estimate of drug-likeness (QED) is 0.333. The van der Waals surface area contributed by atoms with Gasteiger partial charge < -0.3 is 4.74 Å². The van der Waals surface area contributed by atoms with Crippen LogP contribution in [0.2, 0.25) is 5.28 Å². The van der Waals surface area contributed by atoms with Gasteiger partial charge >= 0.3 is 0 Å². The topological polar surface area (TPSA) is 39.9 Å². The number of ether oxygens (including phenoxy) is 1. The molecule has 0 unspecified atom stereocenters. The fourth-order valence-electron chi connectivity index (χ4n) is 3.41. The third kappa shape index (κ3) is 7.53. The van der Waals surface area contributed by atoms with Gasteiger partial charge in [-0.1, -0.05) is 77.2 Å². The number of hydrogen-bond acceptors (Lipinski definition) is 3. The molecule has 0 amide bonds. The van der Waals surface area contributed by atoms with Gasteiger partial charge in [-0.25, -0.2) is 0 Å². The fourth-order valence-corrected chi connectivity index (χ4v) is 3.64. The Balaban J connectivity index is 1.68. The number of halogens is 1. The van der Waals surface area contributed by atoms with Gasteiger partial charge in [0.25, 0.3) is 0 Å². The van der Waals surface area contributed by atoms with E-state index in [2.05, 4.69) is 17.1 Å². The molecule has 0 bridgehead atoms. The fraction of sp³-hybridized carbons (Fsp3) is 0.636. The second-order valence-corrected chi connectivity index (χ2v) is 7.55. The Bertz CT molecular complexity index is 657. The Hall–Kier alpha value is -1.55. The SMILES string of the molecule is CCCCCCCCCCCCCc1nnc(Cl)n1-c1cccc(OC)c1. The molecule has 0 radical (unpaired) electrons. The molecular weight excluding hydrogens is 358 g/mol. The highest BCUT2D eigenvalue weighted by atomic mass is 35.5. The monoisotopic (exact) mass is 391 g/mol. The van der Waals surface area contributed by atoms with E-state index in [-0.39, 0.29) is 0 Å². The minimum atomic E-state index is 0.404. The van der Waals surface area contributed by atoms with Crippen LogP contribution in [0.25, 0.3) is 5.69 Å². The molecule has 0 spiro atoms. The van der Waals surface area contributed by atoms with Crippen LogP contribution in [-0.4, -0.2) is 21.9 Å². The second-order valence-electron chi connectivity index (χ2n) is 7.21. The first-order chi connectivity index (χ1) is 13.3. The van der Waals surface area contributed by atoms with E-state index in [1.807, 2.05) is 28.8 Å². The van der Waals surface area contributed by atoms with Crippen molar-refractivity contribution in [3.63, 3.8) is 0 Å². The molecule has 5 heteroatoms. The van der Waals surface area contributed by atoms with Gasteiger partial charge in [-0.05, 0) is 30.2 Å². The number of nitrogens with zero attached hydrogens (tertiary/aromatic N) is 3. The summed E-state index contributed by atoms with van der Waals surface area (Å²) in [6.45, 7) is 2.27. The van der Waals surface area contributed by atoms with Crippen LogP contribution >= 0.6 is 11.6 Å². The molecular formula is C22H34ClN3O. The van der Waals surface area contributed by atoms with Gasteiger partial charge in [0.1, 0.15) is 11.6 Å². The maximum absolute atomic E-state index is 6.27. The van der Waals surface area contributed by atoms with E-state index >= 15 is 0 Å². The van der Waals surface area contributed by atoms with E-state index < -0.39 is 0 Å². The average molecular weight is 392 g/mol. The number of aromatic nitrogens is 3. The molecule has 0 N–H and O–H groups in total. The molecule has 1 aromatic carbocycles. The van der Waals surface area contributed by atoms with E-state index in [1.54, 1.807) is 7.11 Å². The lowest BCUT2D eigenvalue weighted by Gasteiger charge is -2.09. The van der Waals surface area contributed by atoms with Gasteiger partial charge in [0, 0.05) is 12.5 Å². The summed E-state index contributed by atoms with van der Waals surface area (Å²) in [7, 11) is 1.67. The van der Waals surface area contributed by atoms with E-state index in [0.717, 1.165) is 30.1 Å². The minimum absolute atomic E-state index is 0.404. The molecule has 0 saturated carbocycles. The van der Waals surface area contributed by atoms with Crippen molar-refractivity contribution < 1.29 is 4.74 Å². The molecule has 0 fully saturated rings.